The van der Waals surface area contributed by atoms with Gasteiger partial charge >= 0.3 is 0 Å². The predicted octanol–water partition coefficient (Wildman–Crippen LogP) is 6.79. The summed E-state index contributed by atoms with van der Waals surface area (Å²) in [6.07, 6.45) is 3.86. The van der Waals surface area contributed by atoms with Gasteiger partial charge in [-0.05, 0) is 73.7 Å². The van der Waals surface area contributed by atoms with Gasteiger partial charge in [-0.2, -0.15) is 0 Å². The molecule has 6 rings (SSSR count). The molecule has 37 heavy (non-hydrogen) atoms. The van der Waals surface area contributed by atoms with Crippen LogP contribution >= 0.6 is 11.6 Å². The van der Waals surface area contributed by atoms with Gasteiger partial charge in [0.15, 0.2) is 0 Å². The van der Waals surface area contributed by atoms with E-state index in [1.54, 1.807) is 6.07 Å². The highest BCUT2D eigenvalue weighted by Gasteiger charge is 2.24. The molecule has 3 aliphatic heterocycles. The van der Waals surface area contributed by atoms with E-state index >= 15 is 0 Å². The molecule has 0 aliphatic carbocycles. The molecule has 0 unspecified atom stereocenters. The van der Waals surface area contributed by atoms with Gasteiger partial charge in [-0.15, -0.1) is 0 Å². The van der Waals surface area contributed by atoms with E-state index in [0.717, 1.165) is 61.8 Å². The van der Waals surface area contributed by atoms with Crippen LogP contribution in [-0.4, -0.2) is 45.3 Å². The van der Waals surface area contributed by atoms with E-state index in [2.05, 4.69) is 77.2 Å². The lowest BCUT2D eigenvalue weighted by atomic mass is 9.99. The molecule has 0 bridgehead atoms. The van der Waals surface area contributed by atoms with Crippen molar-refractivity contribution in [3.05, 3.63) is 83.4 Å². The minimum Gasteiger partial charge on any atom is -0.378 e. The molecule has 0 aromatic heterocycles. The van der Waals surface area contributed by atoms with Crippen LogP contribution in [0.2, 0.25) is 5.02 Å². The first-order valence-electron chi connectivity index (χ1n) is 13.1. The number of piperidine rings is 1. The number of hydrogen-bond donors (Lipinski definition) is 1. The zero-order valence-corrected chi connectivity index (χ0v) is 22.2. The summed E-state index contributed by atoms with van der Waals surface area (Å²) in [6, 6.07) is 20.9. The highest BCUT2D eigenvalue weighted by Crippen LogP contribution is 2.39. The van der Waals surface area contributed by atoms with Crippen molar-refractivity contribution >= 4 is 40.1 Å². The lowest BCUT2D eigenvalue weighted by molar-refractivity contribution is -0.110. The molecule has 5 nitrogen and oxygen atoms in total. The number of amides is 1. The Bertz CT molecular complexity index is 1280. The van der Waals surface area contributed by atoms with Crippen LogP contribution in [0.25, 0.3) is 16.7 Å². The molecule has 3 aromatic rings. The zero-order valence-electron chi connectivity index (χ0n) is 21.4. The summed E-state index contributed by atoms with van der Waals surface area (Å²) in [5.41, 5.74) is 7.95. The average Bonchev–Trinajstić information content (AvgIpc) is 3.21. The maximum Gasteiger partial charge on any atom is 0.255 e. The van der Waals surface area contributed by atoms with Crippen LogP contribution in [0.4, 0.5) is 17.1 Å². The van der Waals surface area contributed by atoms with Gasteiger partial charge in [0.25, 0.3) is 5.91 Å². The fraction of sp³-hybridized carbons (Fsp3) is 0.323. The van der Waals surface area contributed by atoms with Crippen LogP contribution in [-0.2, 0) is 9.53 Å². The van der Waals surface area contributed by atoms with Crippen molar-refractivity contribution in [3.8, 4) is 11.1 Å². The Kier molecular flexibility index (Phi) is 7.82. The van der Waals surface area contributed by atoms with E-state index in [1.165, 1.54) is 36.2 Å². The number of ether oxygens (including phenoxy) is 1. The van der Waals surface area contributed by atoms with Crippen molar-refractivity contribution in [2.45, 2.75) is 26.2 Å². The number of morpholine rings is 1. The number of carbonyl (C=O) groups excluding carboxylic acids is 1. The molecule has 2 saturated heterocycles. The lowest BCUT2D eigenvalue weighted by Gasteiger charge is -2.29. The molecule has 192 valence electrons. The molecular weight excluding hydrogens is 482 g/mol. The van der Waals surface area contributed by atoms with Gasteiger partial charge in [0.05, 0.1) is 23.9 Å². The molecule has 1 amide bonds. The monoisotopic (exact) mass is 515 g/mol. The van der Waals surface area contributed by atoms with E-state index in [4.69, 9.17) is 16.3 Å². The molecular formula is C31H34ClN3O2. The highest BCUT2D eigenvalue weighted by atomic mass is 35.5. The third-order valence-corrected chi connectivity index (χ3v) is 7.54. The summed E-state index contributed by atoms with van der Waals surface area (Å²) in [5.74, 6) is -0.154. The van der Waals surface area contributed by atoms with Crippen LogP contribution in [0.5, 0.6) is 0 Å². The SMILES string of the molecule is C=C1C(=O)Nc2cc(Cl)c(-c3ccc(N4CCCCC4)cc3)cc21.Cc1cccc(N2CCOCC2)c1. The summed E-state index contributed by atoms with van der Waals surface area (Å²) in [6.45, 7) is 12.0. The summed E-state index contributed by atoms with van der Waals surface area (Å²) in [7, 11) is 0. The molecule has 2 fully saturated rings. The third-order valence-electron chi connectivity index (χ3n) is 7.23. The minimum absolute atomic E-state index is 0.154. The number of benzene rings is 3. The number of anilines is 3. The Balaban J connectivity index is 0.000000182. The fourth-order valence-corrected chi connectivity index (χ4v) is 5.39. The van der Waals surface area contributed by atoms with Crippen molar-refractivity contribution < 1.29 is 9.53 Å². The predicted molar refractivity (Wildman–Crippen MR) is 155 cm³/mol. The standard InChI is InChI=1S/C20H19ClN2O.C11H15NO/c1-13-16-11-17(18(21)12-19(16)22-20(13)24)14-5-7-15(8-6-14)23-9-3-2-4-10-23;1-10-3-2-4-11(9-10)12-5-7-13-8-6-12/h5-8,11-12H,1-4,9-10H2,(H,22,24);2-4,9H,5-8H2,1H3. The zero-order chi connectivity index (χ0) is 25.8. The average molecular weight is 516 g/mol. The van der Waals surface area contributed by atoms with Crippen LogP contribution in [0.15, 0.2) is 67.2 Å². The van der Waals surface area contributed by atoms with Crippen molar-refractivity contribution in [2.24, 2.45) is 0 Å². The first-order chi connectivity index (χ1) is 18.0. The van der Waals surface area contributed by atoms with E-state index in [9.17, 15) is 4.79 Å². The van der Waals surface area contributed by atoms with Crippen LogP contribution in [0.3, 0.4) is 0 Å². The second-order valence-corrected chi connectivity index (χ2v) is 10.3. The third kappa shape index (κ3) is 5.84. The highest BCUT2D eigenvalue weighted by molar-refractivity contribution is 6.36. The van der Waals surface area contributed by atoms with Gasteiger partial charge in [-0.3, -0.25) is 4.79 Å². The Morgan fingerprint density at radius 2 is 1.54 bits per heavy atom. The maximum atomic E-state index is 11.8. The number of nitrogens with zero attached hydrogens (tertiary/aromatic N) is 2. The van der Waals surface area contributed by atoms with Gasteiger partial charge in [-0.1, -0.05) is 42.4 Å². The quantitative estimate of drug-likeness (QED) is 0.390. The Labute approximate surface area is 224 Å². The number of carbonyl (C=O) groups is 1. The molecule has 3 aliphatic rings. The normalized spacial score (nSPS) is 17.1. The molecule has 0 spiro atoms. The van der Waals surface area contributed by atoms with Gasteiger partial charge < -0.3 is 19.9 Å². The molecule has 6 heteroatoms. The smallest absolute Gasteiger partial charge is 0.255 e. The van der Waals surface area contributed by atoms with E-state index in [0.29, 0.717) is 10.6 Å². The van der Waals surface area contributed by atoms with Crippen molar-refractivity contribution in [3.63, 3.8) is 0 Å². The molecule has 3 heterocycles. The first-order valence-corrected chi connectivity index (χ1v) is 13.5. The maximum absolute atomic E-state index is 11.8. The molecule has 1 N–H and O–H groups in total. The number of rotatable bonds is 3. The lowest BCUT2D eigenvalue weighted by Crippen LogP contribution is -2.36. The van der Waals surface area contributed by atoms with Gasteiger partial charge in [0.2, 0.25) is 0 Å². The largest absolute Gasteiger partial charge is 0.378 e. The van der Waals surface area contributed by atoms with Crippen LogP contribution < -0.4 is 15.1 Å². The van der Waals surface area contributed by atoms with Crippen LogP contribution in [0, 0.1) is 6.92 Å². The number of halogens is 1. The second-order valence-electron chi connectivity index (χ2n) is 9.84. The summed E-state index contributed by atoms with van der Waals surface area (Å²) >= 11 is 6.43. The Morgan fingerprint density at radius 1 is 0.838 bits per heavy atom. The van der Waals surface area contributed by atoms with Crippen molar-refractivity contribution in [2.75, 3.05) is 54.5 Å². The van der Waals surface area contributed by atoms with Gasteiger partial charge in [-0.25, -0.2) is 0 Å². The van der Waals surface area contributed by atoms with Gasteiger partial charge in [0.1, 0.15) is 0 Å². The molecule has 0 saturated carbocycles. The Hall–Kier alpha value is -3.28. The van der Waals surface area contributed by atoms with E-state index in [1.807, 2.05) is 6.07 Å². The van der Waals surface area contributed by atoms with Gasteiger partial charge in [0, 0.05) is 54.3 Å². The number of nitrogens with one attached hydrogen (secondary N) is 1. The summed E-state index contributed by atoms with van der Waals surface area (Å²) < 4.78 is 5.31. The van der Waals surface area contributed by atoms with E-state index in [-0.39, 0.29) is 5.91 Å². The summed E-state index contributed by atoms with van der Waals surface area (Å²) in [4.78, 5) is 16.6. The van der Waals surface area contributed by atoms with E-state index < -0.39 is 0 Å². The molecule has 0 radical (unpaired) electrons. The van der Waals surface area contributed by atoms with Crippen molar-refractivity contribution in [1.29, 1.82) is 0 Å². The summed E-state index contributed by atoms with van der Waals surface area (Å²) in [5, 5.41) is 3.42. The molecule has 0 atom stereocenters. The topological polar surface area (TPSA) is 44.8 Å². The minimum atomic E-state index is -0.154. The van der Waals surface area contributed by atoms with Crippen molar-refractivity contribution in [1.82, 2.24) is 0 Å². The first kappa shape index (κ1) is 25.4. The number of fused-ring (bicyclic) bond motifs is 1. The van der Waals surface area contributed by atoms with Crippen LogP contribution in [0.1, 0.15) is 30.4 Å². The molecule has 3 aromatic carbocycles. The fourth-order valence-electron chi connectivity index (χ4n) is 5.12. The number of aryl methyl sites for hydroxylation is 1. The Morgan fingerprint density at radius 3 is 2.24 bits per heavy atom. The second kappa shape index (κ2) is 11.4. The number of hydrogen-bond acceptors (Lipinski definition) is 4.